The zero-order chi connectivity index (χ0) is 13.9. The van der Waals surface area contributed by atoms with Crippen molar-refractivity contribution in [2.75, 3.05) is 7.11 Å². The molecule has 1 N–H and O–H groups in total. The number of nitrogens with one attached hydrogen (secondary N) is 1. The van der Waals surface area contributed by atoms with Crippen molar-refractivity contribution in [1.29, 1.82) is 0 Å². The van der Waals surface area contributed by atoms with Gasteiger partial charge in [-0.2, -0.15) is 0 Å². The Kier molecular flexibility index (Phi) is 4.18. The topological polar surface area (TPSA) is 38.3 Å². The fourth-order valence-electron chi connectivity index (χ4n) is 3.65. The summed E-state index contributed by atoms with van der Waals surface area (Å²) >= 11 is 0. The van der Waals surface area contributed by atoms with Crippen LogP contribution < -0.4 is 5.32 Å². The molecule has 2 unspecified atom stereocenters. The number of hydrogen-bond acceptors (Lipinski definition) is 3. The third kappa shape index (κ3) is 2.94. The Morgan fingerprint density at radius 1 is 1.20 bits per heavy atom. The van der Waals surface area contributed by atoms with E-state index in [2.05, 4.69) is 5.32 Å². The predicted octanol–water partition coefficient (Wildman–Crippen LogP) is 2.94. The Balaban J connectivity index is 1.68. The molecule has 0 amide bonds. The molecule has 3 heteroatoms. The highest BCUT2D eigenvalue weighted by molar-refractivity contribution is 5.98. The van der Waals surface area contributed by atoms with Gasteiger partial charge in [0.25, 0.3) is 0 Å². The highest BCUT2D eigenvalue weighted by Crippen LogP contribution is 2.31. The van der Waals surface area contributed by atoms with Gasteiger partial charge in [0.1, 0.15) is 0 Å². The van der Waals surface area contributed by atoms with Gasteiger partial charge in [0.05, 0.1) is 6.61 Å². The minimum absolute atomic E-state index is 0.208. The summed E-state index contributed by atoms with van der Waals surface area (Å²) in [4.78, 5) is 12.6. The van der Waals surface area contributed by atoms with E-state index in [1.807, 2.05) is 24.3 Å². The summed E-state index contributed by atoms with van der Waals surface area (Å²) in [6.45, 7) is 0.603. The second-order valence-electron chi connectivity index (χ2n) is 6.15. The molecule has 1 aromatic carbocycles. The first kappa shape index (κ1) is 13.8. The van der Waals surface area contributed by atoms with E-state index in [1.165, 1.54) is 19.3 Å². The maximum Gasteiger partial charge on any atom is 0.166 e. The zero-order valence-electron chi connectivity index (χ0n) is 12.1. The van der Waals surface area contributed by atoms with Crippen LogP contribution in [-0.4, -0.2) is 25.0 Å². The van der Waals surface area contributed by atoms with Crippen molar-refractivity contribution in [3.63, 3.8) is 0 Å². The molecular weight excluding hydrogens is 250 g/mol. The molecule has 2 atom stereocenters. The average molecular weight is 273 g/mol. The van der Waals surface area contributed by atoms with Crippen molar-refractivity contribution < 1.29 is 9.53 Å². The second kappa shape index (κ2) is 6.06. The number of hydrogen-bond donors (Lipinski definition) is 1. The normalized spacial score (nSPS) is 29.1. The number of methoxy groups -OCH3 is 1. The molecule has 2 fully saturated rings. The zero-order valence-corrected chi connectivity index (χ0v) is 12.1. The number of carbonyl (C=O) groups is 1. The van der Waals surface area contributed by atoms with Crippen LogP contribution in [0.1, 0.15) is 48.0 Å². The minimum atomic E-state index is 0.208. The van der Waals surface area contributed by atoms with E-state index in [1.54, 1.807) is 7.11 Å². The van der Waals surface area contributed by atoms with Gasteiger partial charge < -0.3 is 10.1 Å². The molecular formula is C17H23NO2. The Hall–Kier alpha value is -1.19. The molecule has 2 bridgehead atoms. The Bertz CT molecular complexity index is 456. The number of piperidine rings is 2. The van der Waals surface area contributed by atoms with Gasteiger partial charge >= 0.3 is 0 Å². The van der Waals surface area contributed by atoms with E-state index in [0.717, 1.165) is 24.0 Å². The number of fused-ring (bicyclic) bond motifs is 2. The monoisotopic (exact) mass is 273 g/mol. The van der Waals surface area contributed by atoms with Crippen LogP contribution >= 0.6 is 0 Å². The molecule has 2 aliphatic rings. The molecule has 0 aromatic heterocycles. The molecule has 2 aliphatic heterocycles. The smallest absolute Gasteiger partial charge is 0.166 e. The first-order valence-electron chi connectivity index (χ1n) is 7.64. The number of Topliss-reactive ketones (excluding diaryl/α,β-unsaturated/α-hetero) is 1. The van der Waals surface area contributed by atoms with Crippen molar-refractivity contribution in [3.8, 4) is 0 Å². The quantitative estimate of drug-likeness (QED) is 0.857. The average Bonchev–Trinajstić information content (AvgIpc) is 2.47. The molecule has 2 saturated heterocycles. The molecule has 0 aliphatic carbocycles. The van der Waals surface area contributed by atoms with Crippen molar-refractivity contribution in [2.24, 2.45) is 5.92 Å². The second-order valence-corrected chi connectivity index (χ2v) is 6.15. The summed E-state index contributed by atoms with van der Waals surface area (Å²) < 4.78 is 5.10. The number of ketones is 1. The SMILES string of the molecule is COCc1ccc(C(=O)C2CC3CCCC(C2)N3)cc1. The van der Waals surface area contributed by atoms with Crippen LogP contribution in [0.5, 0.6) is 0 Å². The predicted molar refractivity (Wildman–Crippen MR) is 78.8 cm³/mol. The maximum absolute atomic E-state index is 12.6. The van der Waals surface area contributed by atoms with Gasteiger partial charge in [0, 0.05) is 30.7 Å². The third-order valence-electron chi connectivity index (χ3n) is 4.63. The molecule has 1 aromatic rings. The summed E-state index contributed by atoms with van der Waals surface area (Å²) in [7, 11) is 1.69. The van der Waals surface area contributed by atoms with Crippen LogP contribution in [0.2, 0.25) is 0 Å². The van der Waals surface area contributed by atoms with E-state index in [0.29, 0.717) is 24.5 Å². The molecule has 20 heavy (non-hydrogen) atoms. The number of ether oxygens (including phenoxy) is 1. The van der Waals surface area contributed by atoms with Gasteiger partial charge in [-0.1, -0.05) is 30.7 Å². The first-order chi connectivity index (χ1) is 9.76. The molecule has 3 rings (SSSR count). The van der Waals surface area contributed by atoms with E-state index in [9.17, 15) is 4.79 Å². The molecule has 108 valence electrons. The van der Waals surface area contributed by atoms with E-state index in [-0.39, 0.29) is 5.92 Å². The van der Waals surface area contributed by atoms with Crippen molar-refractivity contribution in [1.82, 2.24) is 5.32 Å². The van der Waals surface area contributed by atoms with Crippen LogP contribution in [0.3, 0.4) is 0 Å². The van der Waals surface area contributed by atoms with Gasteiger partial charge in [0.15, 0.2) is 5.78 Å². The lowest BCUT2D eigenvalue weighted by molar-refractivity contribution is 0.0825. The summed E-state index contributed by atoms with van der Waals surface area (Å²) in [6, 6.07) is 9.02. The van der Waals surface area contributed by atoms with Crippen LogP contribution in [0, 0.1) is 5.92 Å². The van der Waals surface area contributed by atoms with Gasteiger partial charge in [0.2, 0.25) is 0 Å². The third-order valence-corrected chi connectivity index (χ3v) is 4.63. The fraction of sp³-hybridized carbons (Fsp3) is 0.588. The number of rotatable bonds is 4. The summed E-state index contributed by atoms with van der Waals surface area (Å²) in [5.41, 5.74) is 1.97. The minimum Gasteiger partial charge on any atom is -0.380 e. The van der Waals surface area contributed by atoms with Crippen LogP contribution in [0.25, 0.3) is 0 Å². The number of benzene rings is 1. The molecule has 0 spiro atoms. The standard InChI is InChI=1S/C17H23NO2/c1-20-11-12-5-7-13(8-6-12)17(19)14-9-15-3-2-4-16(10-14)18-15/h5-8,14-16,18H,2-4,9-11H2,1H3. The van der Waals surface area contributed by atoms with Crippen molar-refractivity contribution in [2.45, 2.75) is 50.8 Å². The van der Waals surface area contributed by atoms with Crippen LogP contribution in [-0.2, 0) is 11.3 Å². The van der Waals surface area contributed by atoms with E-state index in [4.69, 9.17) is 4.74 Å². The highest BCUT2D eigenvalue weighted by atomic mass is 16.5. The maximum atomic E-state index is 12.6. The Labute approximate surface area is 120 Å². The van der Waals surface area contributed by atoms with Crippen molar-refractivity contribution >= 4 is 5.78 Å². The highest BCUT2D eigenvalue weighted by Gasteiger charge is 2.34. The molecule has 3 nitrogen and oxygen atoms in total. The summed E-state index contributed by atoms with van der Waals surface area (Å²) in [6.07, 6.45) is 5.79. The lowest BCUT2D eigenvalue weighted by Crippen LogP contribution is -2.50. The largest absolute Gasteiger partial charge is 0.380 e. The first-order valence-corrected chi connectivity index (χ1v) is 7.64. The molecule has 2 heterocycles. The lowest BCUT2D eigenvalue weighted by Gasteiger charge is -2.39. The number of carbonyl (C=O) groups excluding carboxylic acids is 1. The summed E-state index contributed by atoms with van der Waals surface area (Å²) in [5, 5.41) is 3.65. The van der Waals surface area contributed by atoms with Gasteiger partial charge in [-0.15, -0.1) is 0 Å². The van der Waals surface area contributed by atoms with Crippen LogP contribution in [0.4, 0.5) is 0 Å². The fourth-order valence-corrected chi connectivity index (χ4v) is 3.65. The van der Waals surface area contributed by atoms with Crippen molar-refractivity contribution in [3.05, 3.63) is 35.4 Å². The lowest BCUT2D eigenvalue weighted by atomic mass is 9.77. The Morgan fingerprint density at radius 2 is 1.85 bits per heavy atom. The van der Waals surface area contributed by atoms with Gasteiger partial charge in [-0.25, -0.2) is 0 Å². The summed E-state index contributed by atoms with van der Waals surface area (Å²) in [5.74, 6) is 0.534. The molecule has 0 saturated carbocycles. The van der Waals surface area contributed by atoms with E-state index < -0.39 is 0 Å². The van der Waals surface area contributed by atoms with Gasteiger partial charge in [-0.05, 0) is 31.2 Å². The molecule has 0 radical (unpaired) electrons. The van der Waals surface area contributed by atoms with Crippen LogP contribution in [0.15, 0.2) is 24.3 Å². The van der Waals surface area contributed by atoms with Gasteiger partial charge in [-0.3, -0.25) is 4.79 Å². The van der Waals surface area contributed by atoms with E-state index >= 15 is 0 Å². The Morgan fingerprint density at radius 3 is 2.45 bits per heavy atom.